The normalized spacial score (nSPS) is 18.3. The maximum Gasteiger partial charge on any atom is 0.252 e. The number of phenolic OH excluding ortho intramolecular Hbond substituents is 1. The van der Waals surface area contributed by atoms with Crippen molar-refractivity contribution in [3.63, 3.8) is 0 Å². The lowest BCUT2D eigenvalue weighted by molar-refractivity contribution is -0.110. The molecule has 7 nitrogen and oxygen atoms in total. The first-order chi connectivity index (χ1) is 22.6. The standard InChI is InChI=1S/C28H38N2O3S.C5H11NO.3C2H6/c1-20-24(13-8-14-26(20)31)28(32)29-25(19-34-23-11-4-3-5-12-23)27(33-2)18-30-16-15-21-9-6-7-10-22(21)17-30;1-5(2,3)6-4-7;3*1-2/h3-5,8,11-14,21-22,25,27,31H,6-7,9-10,15-19H2,1-2H3,(H,29,32);4H,1-3H3,(H,6,7);3*1-2H3. The van der Waals surface area contributed by atoms with Crippen LogP contribution in [0, 0.1) is 18.8 Å². The van der Waals surface area contributed by atoms with Crippen molar-refractivity contribution in [2.45, 2.75) is 124 Å². The summed E-state index contributed by atoms with van der Waals surface area (Å²) in [4.78, 5) is 26.7. The highest BCUT2D eigenvalue weighted by atomic mass is 32.2. The maximum absolute atomic E-state index is 13.2. The van der Waals surface area contributed by atoms with E-state index in [1.807, 2.05) is 80.5 Å². The van der Waals surface area contributed by atoms with Gasteiger partial charge in [0, 0.05) is 47.5 Å². The number of likely N-dealkylation sites (tertiary alicyclic amines) is 1. The SMILES string of the molecule is CC.CC.CC.CC(C)(C)NC=O.COC(CN1CCC2CCCCC2C1)C(CSc1ccccc1)NC(=O)c1cccc(O)c1C. The molecule has 1 saturated heterocycles. The minimum Gasteiger partial charge on any atom is -0.508 e. The van der Waals surface area contributed by atoms with E-state index in [0.29, 0.717) is 23.3 Å². The van der Waals surface area contributed by atoms with E-state index in [-0.39, 0.29) is 29.3 Å². The Kier molecular flexibility index (Phi) is 24.1. The Labute approximate surface area is 292 Å². The van der Waals surface area contributed by atoms with Gasteiger partial charge in [0.25, 0.3) is 5.91 Å². The van der Waals surface area contributed by atoms with E-state index in [1.165, 1.54) is 37.0 Å². The van der Waals surface area contributed by atoms with E-state index in [1.54, 1.807) is 44.0 Å². The van der Waals surface area contributed by atoms with E-state index in [9.17, 15) is 14.7 Å². The van der Waals surface area contributed by atoms with Crippen molar-refractivity contribution in [1.29, 1.82) is 0 Å². The van der Waals surface area contributed by atoms with Gasteiger partial charge in [0.1, 0.15) is 5.75 Å². The molecule has 0 spiro atoms. The van der Waals surface area contributed by atoms with E-state index >= 15 is 0 Å². The molecular formula is C39H67N3O4S. The Balaban J connectivity index is 0.00000141. The molecule has 1 saturated carbocycles. The molecule has 0 aromatic heterocycles. The summed E-state index contributed by atoms with van der Waals surface area (Å²) in [6.07, 6.45) is 7.36. The van der Waals surface area contributed by atoms with Crippen LogP contribution in [0.1, 0.15) is 110 Å². The largest absolute Gasteiger partial charge is 0.508 e. The molecule has 8 heteroatoms. The topological polar surface area (TPSA) is 90.9 Å². The number of carbonyl (C=O) groups excluding carboxylic acids is 2. The number of rotatable bonds is 10. The summed E-state index contributed by atoms with van der Waals surface area (Å²) in [6, 6.07) is 15.2. The third-order valence-electron chi connectivity index (χ3n) is 8.10. The summed E-state index contributed by atoms with van der Waals surface area (Å²) in [6.45, 7) is 22.6. The van der Waals surface area contributed by atoms with Crippen molar-refractivity contribution < 1.29 is 19.4 Å². The number of carbonyl (C=O) groups is 2. The smallest absolute Gasteiger partial charge is 0.252 e. The fourth-order valence-corrected chi connectivity index (χ4v) is 6.72. The van der Waals surface area contributed by atoms with Crippen LogP contribution in [0.3, 0.4) is 0 Å². The average Bonchev–Trinajstić information content (AvgIpc) is 3.09. The third kappa shape index (κ3) is 16.9. The van der Waals surface area contributed by atoms with Gasteiger partial charge in [-0.3, -0.25) is 9.59 Å². The number of hydrogen-bond acceptors (Lipinski definition) is 6. The van der Waals surface area contributed by atoms with Gasteiger partial charge in [-0.1, -0.05) is 85.1 Å². The maximum atomic E-state index is 13.2. The highest BCUT2D eigenvalue weighted by Gasteiger charge is 2.34. The predicted molar refractivity (Wildman–Crippen MR) is 202 cm³/mol. The number of phenols is 1. The molecule has 268 valence electrons. The molecule has 0 bridgehead atoms. The zero-order chi connectivity index (χ0) is 35.8. The Morgan fingerprint density at radius 2 is 1.60 bits per heavy atom. The van der Waals surface area contributed by atoms with Crippen LogP contribution in [-0.4, -0.2) is 72.5 Å². The fraction of sp³-hybridized carbons (Fsp3) is 0.641. The average molecular weight is 674 g/mol. The van der Waals surface area contributed by atoms with Crippen LogP contribution in [0.25, 0.3) is 0 Å². The van der Waals surface area contributed by atoms with E-state index in [4.69, 9.17) is 4.74 Å². The summed E-state index contributed by atoms with van der Waals surface area (Å²) in [5.74, 6) is 2.39. The number of benzene rings is 2. The van der Waals surface area contributed by atoms with Crippen LogP contribution in [-0.2, 0) is 9.53 Å². The second kappa shape index (κ2) is 25.5. The molecule has 1 aliphatic heterocycles. The first-order valence-electron chi connectivity index (χ1n) is 17.8. The quantitative estimate of drug-likeness (QED) is 0.173. The number of nitrogens with one attached hydrogen (secondary N) is 2. The first kappa shape index (κ1) is 44.5. The third-order valence-corrected chi connectivity index (χ3v) is 9.23. The molecule has 2 fully saturated rings. The van der Waals surface area contributed by atoms with Crippen molar-refractivity contribution in [2.75, 3.05) is 32.5 Å². The molecule has 47 heavy (non-hydrogen) atoms. The summed E-state index contributed by atoms with van der Waals surface area (Å²) in [7, 11) is 1.75. The van der Waals surface area contributed by atoms with Gasteiger partial charge in [0.2, 0.25) is 6.41 Å². The van der Waals surface area contributed by atoms with E-state index in [2.05, 4.69) is 27.7 Å². The number of nitrogens with zero attached hydrogens (tertiary/aromatic N) is 1. The summed E-state index contributed by atoms with van der Waals surface area (Å²) in [5.41, 5.74) is 1.04. The van der Waals surface area contributed by atoms with Crippen molar-refractivity contribution in [1.82, 2.24) is 15.5 Å². The molecular weight excluding hydrogens is 607 g/mol. The fourth-order valence-electron chi connectivity index (χ4n) is 5.70. The number of ether oxygens (including phenoxy) is 1. The Hall–Kier alpha value is -2.55. The summed E-state index contributed by atoms with van der Waals surface area (Å²) < 4.78 is 6.01. The highest BCUT2D eigenvalue weighted by Crippen LogP contribution is 2.36. The number of amides is 2. The minimum atomic E-state index is -0.167. The van der Waals surface area contributed by atoms with E-state index < -0.39 is 0 Å². The lowest BCUT2D eigenvalue weighted by Crippen LogP contribution is -2.53. The first-order valence-corrected chi connectivity index (χ1v) is 18.8. The van der Waals surface area contributed by atoms with Gasteiger partial charge in [0.15, 0.2) is 0 Å². The minimum absolute atomic E-state index is 0.0677. The van der Waals surface area contributed by atoms with Crippen LogP contribution in [0.2, 0.25) is 0 Å². The van der Waals surface area contributed by atoms with Gasteiger partial charge in [-0.2, -0.15) is 0 Å². The molecule has 3 N–H and O–H groups in total. The van der Waals surface area contributed by atoms with Crippen LogP contribution in [0.5, 0.6) is 5.75 Å². The summed E-state index contributed by atoms with van der Waals surface area (Å²) in [5, 5.41) is 15.9. The molecule has 4 unspecified atom stereocenters. The Morgan fingerprint density at radius 3 is 2.15 bits per heavy atom. The zero-order valence-electron chi connectivity index (χ0n) is 31.4. The second-order valence-corrected chi connectivity index (χ2v) is 13.4. The zero-order valence-corrected chi connectivity index (χ0v) is 32.2. The Bertz CT molecular complexity index is 1090. The molecule has 2 aliphatic rings. The number of aromatic hydroxyl groups is 1. The number of piperidine rings is 1. The van der Waals surface area contributed by atoms with Gasteiger partial charge in [-0.15, -0.1) is 11.8 Å². The molecule has 0 radical (unpaired) electrons. The van der Waals surface area contributed by atoms with Crippen molar-refractivity contribution in [3.8, 4) is 5.75 Å². The number of hydrogen-bond donors (Lipinski definition) is 3. The monoisotopic (exact) mass is 673 g/mol. The van der Waals surface area contributed by atoms with Gasteiger partial charge in [-0.05, 0) is 83.2 Å². The lowest BCUT2D eigenvalue weighted by Gasteiger charge is -2.43. The number of methoxy groups -OCH3 is 1. The Morgan fingerprint density at radius 1 is 0.979 bits per heavy atom. The van der Waals surface area contributed by atoms with Gasteiger partial charge in [-0.25, -0.2) is 0 Å². The lowest BCUT2D eigenvalue weighted by atomic mass is 9.75. The molecule has 2 aromatic rings. The van der Waals surface area contributed by atoms with Gasteiger partial charge in [0.05, 0.1) is 12.1 Å². The molecule has 1 aliphatic carbocycles. The molecule has 2 amide bonds. The molecule has 4 atom stereocenters. The number of thioether (sulfide) groups is 1. The van der Waals surface area contributed by atoms with Crippen LogP contribution < -0.4 is 10.6 Å². The molecule has 2 aromatic carbocycles. The van der Waals surface area contributed by atoms with Crippen molar-refractivity contribution in [2.24, 2.45) is 11.8 Å². The predicted octanol–water partition coefficient (Wildman–Crippen LogP) is 8.73. The van der Waals surface area contributed by atoms with Crippen molar-refractivity contribution in [3.05, 3.63) is 59.7 Å². The summed E-state index contributed by atoms with van der Waals surface area (Å²) >= 11 is 1.73. The highest BCUT2D eigenvalue weighted by molar-refractivity contribution is 7.99. The van der Waals surface area contributed by atoms with Gasteiger partial charge >= 0.3 is 0 Å². The number of fused-ring (bicyclic) bond motifs is 1. The van der Waals surface area contributed by atoms with Crippen molar-refractivity contribution >= 4 is 24.1 Å². The van der Waals surface area contributed by atoms with Crippen LogP contribution in [0.4, 0.5) is 0 Å². The van der Waals surface area contributed by atoms with Gasteiger partial charge < -0.3 is 25.4 Å². The van der Waals surface area contributed by atoms with Crippen LogP contribution in [0.15, 0.2) is 53.4 Å². The molecule has 1 heterocycles. The van der Waals surface area contributed by atoms with Crippen LogP contribution >= 0.6 is 11.8 Å². The second-order valence-electron chi connectivity index (χ2n) is 12.3. The molecule has 4 rings (SSSR count). The van der Waals surface area contributed by atoms with E-state index in [0.717, 1.165) is 31.5 Å².